The number of carbonyl (C=O) groups excluding carboxylic acids is 1. The van der Waals surface area contributed by atoms with Gasteiger partial charge < -0.3 is 0 Å². The van der Waals surface area contributed by atoms with E-state index in [9.17, 15) is 4.79 Å². The standard InChI is InChI=1S/C18H27NO.ClH/c1-2-3-4-8-13-17(19-14-9-10-15-19)18(20)16-11-6-5-7-12-16;/h5-7,11-12,17H,2-4,8-10,13-15H2,1H3;1H. The van der Waals surface area contributed by atoms with Crippen LogP contribution in [-0.4, -0.2) is 29.8 Å². The maximum absolute atomic E-state index is 12.8. The van der Waals surface area contributed by atoms with Crippen molar-refractivity contribution in [3.8, 4) is 0 Å². The number of likely N-dealkylation sites (tertiary alicyclic amines) is 1. The lowest BCUT2D eigenvalue weighted by atomic mass is 9.97. The Morgan fingerprint density at radius 2 is 1.76 bits per heavy atom. The highest BCUT2D eigenvalue weighted by atomic mass is 35.5. The molecule has 2 nitrogen and oxygen atoms in total. The predicted molar refractivity (Wildman–Crippen MR) is 91.4 cm³/mol. The molecule has 3 heteroatoms. The van der Waals surface area contributed by atoms with Crippen molar-refractivity contribution in [1.82, 2.24) is 4.90 Å². The van der Waals surface area contributed by atoms with Crippen LogP contribution in [0.2, 0.25) is 0 Å². The van der Waals surface area contributed by atoms with E-state index in [1.807, 2.05) is 30.3 Å². The van der Waals surface area contributed by atoms with Gasteiger partial charge >= 0.3 is 0 Å². The molecule has 0 N–H and O–H groups in total. The lowest BCUT2D eigenvalue weighted by molar-refractivity contribution is 0.0834. The zero-order valence-corrected chi connectivity index (χ0v) is 13.9. The largest absolute Gasteiger partial charge is 0.293 e. The molecule has 0 saturated carbocycles. The van der Waals surface area contributed by atoms with Gasteiger partial charge in [-0.05, 0) is 32.4 Å². The van der Waals surface area contributed by atoms with Gasteiger partial charge in [-0.15, -0.1) is 12.4 Å². The molecule has 0 bridgehead atoms. The molecule has 0 radical (unpaired) electrons. The maximum Gasteiger partial charge on any atom is 0.179 e. The van der Waals surface area contributed by atoms with E-state index in [2.05, 4.69) is 11.8 Å². The van der Waals surface area contributed by atoms with Crippen molar-refractivity contribution in [3.05, 3.63) is 35.9 Å². The number of hydrogen-bond acceptors (Lipinski definition) is 2. The third-order valence-corrected chi connectivity index (χ3v) is 4.27. The van der Waals surface area contributed by atoms with Crippen molar-refractivity contribution in [3.63, 3.8) is 0 Å². The van der Waals surface area contributed by atoms with Crippen LogP contribution < -0.4 is 0 Å². The fraction of sp³-hybridized carbons (Fsp3) is 0.611. The number of Topliss-reactive ketones (excluding diaryl/α,β-unsaturated/α-hetero) is 1. The van der Waals surface area contributed by atoms with Crippen molar-refractivity contribution < 1.29 is 4.79 Å². The SMILES string of the molecule is CCCCCCC(C(=O)c1ccccc1)N1CCCC1.Cl. The number of unbranched alkanes of at least 4 members (excludes halogenated alkanes) is 3. The van der Waals surface area contributed by atoms with Crippen LogP contribution in [0.1, 0.15) is 62.2 Å². The van der Waals surface area contributed by atoms with Gasteiger partial charge in [0.2, 0.25) is 0 Å². The van der Waals surface area contributed by atoms with E-state index in [0.717, 1.165) is 25.1 Å². The number of nitrogens with zero attached hydrogens (tertiary/aromatic N) is 1. The number of rotatable bonds is 8. The molecule has 1 atom stereocenters. The minimum Gasteiger partial charge on any atom is -0.293 e. The summed E-state index contributed by atoms with van der Waals surface area (Å²) in [7, 11) is 0. The molecule has 1 unspecified atom stereocenters. The molecule has 1 aliphatic heterocycles. The molecule has 1 fully saturated rings. The number of halogens is 1. The van der Waals surface area contributed by atoms with Gasteiger partial charge in [0, 0.05) is 5.56 Å². The zero-order chi connectivity index (χ0) is 14.2. The molecule has 0 aliphatic carbocycles. The molecule has 21 heavy (non-hydrogen) atoms. The van der Waals surface area contributed by atoms with E-state index >= 15 is 0 Å². The average molecular weight is 310 g/mol. The van der Waals surface area contributed by atoms with E-state index in [0.29, 0.717) is 5.78 Å². The zero-order valence-electron chi connectivity index (χ0n) is 13.1. The molecule has 1 saturated heterocycles. The van der Waals surface area contributed by atoms with Crippen molar-refractivity contribution in [2.45, 2.75) is 57.9 Å². The van der Waals surface area contributed by atoms with Gasteiger partial charge in [-0.2, -0.15) is 0 Å². The normalized spacial score (nSPS) is 16.4. The van der Waals surface area contributed by atoms with Crippen LogP contribution >= 0.6 is 12.4 Å². The molecule has 0 aromatic heterocycles. The highest BCUT2D eigenvalue weighted by molar-refractivity contribution is 6.00. The minimum absolute atomic E-state index is 0. The van der Waals surface area contributed by atoms with Crippen molar-refractivity contribution in [2.24, 2.45) is 0 Å². The van der Waals surface area contributed by atoms with Crippen LogP contribution in [0, 0.1) is 0 Å². The molecule has 0 amide bonds. The van der Waals surface area contributed by atoms with Gasteiger partial charge in [0.1, 0.15) is 0 Å². The van der Waals surface area contributed by atoms with Crippen LogP contribution in [0.25, 0.3) is 0 Å². The summed E-state index contributed by atoms with van der Waals surface area (Å²) in [5, 5.41) is 0. The molecule has 1 heterocycles. The average Bonchev–Trinajstić information content (AvgIpc) is 3.02. The Kier molecular flexibility index (Phi) is 8.63. The third-order valence-electron chi connectivity index (χ3n) is 4.27. The number of carbonyl (C=O) groups is 1. The summed E-state index contributed by atoms with van der Waals surface area (Å²) in [5.74, 6) is 0.323. The smallest absolute Gasteiger partial charge is 0.179 e. The quantitative estimate of drug-likeness (QED) is 0.511. The maximum atomic E-state index is 12.8. The first kappa shape index (κ1) is 18.2. The molecular weight excluding hydrogens is 282 g/mol. The summed E-state index contributed by atoms with van der Waals surface area (Å²) in [5.41, 5.74) is 0.875. The van der Waals surface area contributed by atoms with Crippen LogP contribution in [0.15, 0.2) is 30.3 Å². The van der Waals surface area contributed by atoms with Crippen LogP contribution in [0.5, 0.6) is 0 Å². The fourth-order valence-electron chi connectivity index (χ4n) is 3.09. The molecule has 118 valence electrons. The monoisotopic (exact) mass is 309 g/mol. The summed E-state index contributed by atoms with van der Waals surface area (Å²) >= 11 is 0. The first-order valence-corrected chi connectivity index (χ1v) is 8.16. The second kappa shape index (κ2) is 9.97. The second-order valence-electron chi connectivity index (χ2n) is 5.84. The lowest BCUT2D eigenvalue weighted by Crippen LogP contribution is -2.39. The van der Waals surface area contributed by atoms with Gasteiger partial charge in [-0.1, -0.05) is 62.9 Å². The third kappa shape index (κ3) is 5.44. The molecule has 1 aromatic rings. The summed E-state index contributed by atoms with van der Waals surface area (Å²) in [6.07, 6.45) is 8.47. The summed E-state index contributed by atoms with van der Waals surface area (Å²) in [6.45, 7) is 4.42. The van der Waals surface area contributed by atoms with E-state index in [1.165, 1.54) is 38.5 Å². The Morgan fingerprint density at radius 3 is 2.38 bits per heavy atom. The topological polar surface area (TPSA) is 20.3 Å². The Morgan fingerprint density at radius 1 is 1.10 bits per heavy atom. The van der Waals surface area contributed by atoms with Gasteiger partial charge in [-0.25, -0.2) is 0 Å². The highest BCUT2D eigenvalue weighted by Crippen LogP contribution is 2.20. The second-order valence-corrected chi connectivity index (χ2v) is 5.84. The molecular formula is C18H28ClNO. The van der Waals surface area contributed by atoms with E-state index in [4.69, 9.17) is 0 Å². The van der Waals surface area contributed by atoms with Crippen LogP contribution in [-0.2, 0) is 0 Å². The summed E-state index contributed by atoms with van der Waals surface area (Å²) < 4.78 is 0. The number of benzene rings is 1. The number of hydrogen-bond donors (Lipinski definition) is 0. The van der Waals surface area contributed by atoms with Crippen LogP contribution in [0.4, 0.5) is 0 Å². The van der Waals surface area contributed by atoms with Gasteiger partial charge in [0.25, 0.3) is 0 Å². The molecule has 2 rings (SSSR count). The highest BCUT2D eigenvalue weighted by Gasteiger charge is 2.28. The molecule has 0 spiro atoms. The fourth-order valence-corrected chi connectivity index (χ4v) is 3.09. The van der Waals surface area contributed by atoms with Crippen molar-refractivity contribution >= 4 is 18.2 Å². The Labute approximate surface area is 135 Å². The first-order chi connectivity index (χ1) is 9.83. The van der Waals surface area contributed by atoms with Gasteiger partial charge in [-0.3, -0.25) is 9.69 Å². The van der Waals surface area contributed by atoms with Gasteiger partial charge in [0.15, 0.2) is 5.78 Å². The van der Waals surface area contributed by atoms with Crippen molar-refractivity contribution in [1.29, 1.82) is 0 Å². The van der Waals surface area contributed by atoms with E-state index in [1.54, 1.807) is 0 Å². The summed E-state index contributed by atoms with van der Waals surface area (Å²) in [4.78, 5) is 15.2. The van der Waals surface area contributed by atoms with Gasteiger partial charge in [0.05, 0.1) is 6.04 Å². The Hall–Kier alpha value is -0.860. The summed E-state index contributed by atoms with van der Waals surface area (Å²) in [6, 6.07) is 9.92. The minimum atomic E-state index is 0. The van der Waals surface area contributed by atoms with Crippen molar-refractivity contribution in [2.75, 3.05) is 13.1 Å². The lowest BCUT2D eigenvalue weighted by Gasteiger charge is -2.26. The predicted octanol–water partition coefficient (Wildman–Crippen LogP) is 4.73. The molecule has 1 aromatic carbocycles. The van der Waals surface area contributed by atoms with E-state index in [-0.39, 0.29) is 18.4 Å². The number of ketones is 1. The molecule has 1 aliphatic rings. The Bertz CT molecular complexity index is 401. The Balaban J connectivity index is 0.00000220. The van der Waals surface area contributed by atoms with Crippen LogP contribution in [0.3, 0.4) is 0 Å². The first-order valence-electron chi connectivity index (χ1n) is 8.16. The van der Waals surface area contributed by atoms with E-state index < -0.39 is 0 Å².